The largest absolute Gasteiger partial charge is 0.346 e. The summed E-state index contributed by atoms with van der Waals surface area (Å²) < 4.78 is 1.09. The van der Waals surface area contributed by atoms with Crippen molar-refractivity contribution in [3.63, 3.8) is 0 Å². The number of thiol groups is 1. The fourth-order valence-electron chi connectivity index (χ4n) is 1.05. The first-order valence-corrected chi connectivity index (χ1v) is 6.25. The van der Waals surface area contributed by atoms with Gasteiger partial charge in [0.2, 0.25) is 0 Å². The van der Waals surface area contributed by atoms with Crippen molar-refractivity contribution in [2.45, 2.75) is 19.3 Å². The number of hydrogen-bond acceptors (Lipinski definition) is 2. The summed E-state index contributed by atoms with van der Waals surface area (Å²) in [6, 6.07) is 2.08. The maximum atomic E-state index is 10.7. The summed E-state index contributed by atoms with van der Waals surface area (Å²) in [5.74, 6) is 0. The van der Waals surface area contributed by atoms with Gasteiger partial charge < -0.3 is 5.32 Å². The highest BCUT2D eigenvalue weighted by molar-refractivity contribution is 9.10. The van der Waals surface area contributed by atoms with Crippen molar-refractivity contribution in [3.05, 3.63) is 20.8 Å². The number of halogens is 1. The zero-order chi connectivity index (χ0) is 10.8. The van der Waals surface area contributed by atoms with Crippen LogP contribution in [0.1, 0.15) is 18.7 Å². The van der Waals surface area contributed by atoms with E-state index in [1.165, 1.54) is 4.88 Å². The number of rotatable bonds is 3. The minimum absolute atomic E-state index is 0.0466. The Morgan fingerprint density at radius 2 is 2.36 bits per heavy atom. The van der Waals surface area contributed by atoms with E-state index in [4.69, 9.17) is 0 Å². The number of nitrogens with one attached hydrogen (secondary N) is 1. The van der Waals surface area contributed by atoms with E-state index >= 15 is 0 Å². The molecule has 0 aliphatic heterocycles. The molecule has 0 aliphatic rings. The molecule has 5 heteroatoms. The SMILES string of the molecule is CC(C)(CNC(=O)S)c1cc(Br)cs1. The maximum Gasteiger partial charge on any atom is 0.276 e. The van der Waals surface area contributed by atoms with E-state index in [-0.39, 0.29) is 10.7 Å². The summed E-state index contributed by atoms with van der Waals surface area (Å²) in [6.45, 7) is 4.78. The van der Waals surface area contributed by atoms with E-state index in [0.29, 0.717) is 6.54 Å². The number of carbonyl (C=O) groups is 1. The first-order chi connectivity index (χ1) is 6.42. The third kappa shape index (κ3) is 3.29. The van der Waals surface area contributed by atoms with E-state index in [2.05, 4.69) is 53.8 Å². The van der Waals surface area contributed by atoms with Crippen LogP contribution in [-0.4, -0.2) is 11.8 Å². The van der Waals surface area contributed by atoms with Gasteiger partial charge in [-0.2, -0.15) is 0 Å². The summed E-state index contributed by atoms with van der Waals surface area (Å²) in [7, 11) is 0. The highest BCUT2D eigenvalue weighted by Gasteiger charge is 2.22. The second kappa shape index (κ2) is 4.68. The van der Waals surface area contributed by atoms with Gasteiger partial charge in [-0.3, -0.25) is 4.79 Å². The van der Waals surface area contributed by atoms with Gasteiger partial charge in [-0.05, 0) is 22.0 Å². The molecule has 0 saturated carbocycles. The van der Waals surface area contributed by atoms with Crippen molar-refractivity contribution in [1.82, 2.24) is 5.32 Å². The predicted molar refractivity (Wildman–Crippen MR) is 67.4 cm³/mol. The van der Waals surface area contributed by atoms with Crippen molar-refractivity contribution in [1.29, 1.82) is 0 Å². The lowest BCUT2D eigenvalue weighted by Gasteiger charge is -2.22. The van der Waals surface area contributed by atoms with Crippen LogP contribution in [0.4, 0.5) is 4.79 Å². The average Bonchev–Trinajstić information content (AvgIpc) is 2.49. The Labute approximate surface area is 102 Å². The minimum Gasteiger partial charge on any atom is -0.346 e. The summed E-state index contributed by atoms with van der Waals surface area (Å²) in [6.07, 6.45) is 0. The Hall–Kier alpha value is -0.0000000000000000833. The first-order valence-electron chi connectivity index (χ1n) is 4.13. The second-order valence-electron chi connectivity index (χ2n) is 3.67. The van der Waals surface area contributed by atoms with Gasteiger partial charge in [0.25, 0.3) is 5.24 Å². The van der Waals surface area contributed by atoms with Crippen LogP contribution in [0.25, 0.3) is 0 Å². The van der Waals surface area contributed by atoms with Crippen LogP contribution in [0.2, 0.25) is 0 Å². The summed E-state index contributed by atoms with van der Waals surface area (Å²) in [5.41, 5.74) is -0.0466. The van der Waals surface area contributed by atoms with Gasteiger partial charge in [-0.15, -0.1) is 11.3 Å². The molecular formula is C9H12BrNOS2. The Kier molecular flexibility index (Phi) is 4.04. The van der Waals surface area contributed by atoms with Gasteiger partial charge in [0.15, 0.2) is 0 Å². The lowest BCUT2D eigenvalue weighted by Crippen LogP contribution is -2.33. The molecule has 0 fully saturated rings. The van der Waals surface area contributed by atoms with Crippen LogP contribution in [0, 0.1) is 0 Å². The van der Waals surface area contributed by atoms with E-state index in [1.54, 1.807) is 11.3 Å². The molecule has 1 amide bonds. The van der Waals surface area contributed by atoms with Crippen molar-refractivity contribution >= 4 is 45.1 Å². The third-order valence-corrected chi connectivity index (χ3v) is 4.13. The van der Waals surface area contributed by atoms with Crippen LogP contribution in [0.15, 0.2) is 15.9 Å². The molecule has 1 aromatic rings. The van der Waals surface area contributed by atoms with Crippen LogP contribution < -0.4 is 5.32 Å². The van der Waals surface area contributed by atoms with Gasteiger partial charge >= 0.3 is 0 Å². The monoisotopic (exact) mass is 293 g/mol. The standard InChI is InChI=1S/C9H12BrNOS2/c1-9(2,5-11-8(12)13)7-3-6(10)4-14-7/h3-4H,5H2,1-2H3,(H2,11,12,13). The van der Waals surface area contributed by atoms with Gasteiger partial charge in [-0.1, -0.05) is 26.5 Å². The van der Waals surface area contributed by atoms with Gasteiger partial charge in [0, 0.05) is 26.7 Å². The minimum atomic E-state index is -0.284. The van der Waals surface area contributed by atoms with Crippen molar-refractivity contribution in [2.24, 2.45) is 0 Å². The fourth-order valence-corrected chi connectivity index (χ4v) is 2.69. The Bertz CT molecular complexity index is 335. The molecule has 0 radical (unpaired) electrons. The smallest absolute Gasteiger partial charge is 0.276 e. The van der Waals surface area contributed by atoms with E-state index in [9.17, 15) is 4.79 Å². The summed E-state index contributed by atoms with van der Waals surface area (Å²) in [4.78, 5) is 11.9. The van der Waals surface area contributed by atoms with Gasteiger partial charge in [-0.25, -0.2) is 0 Å². The van der Waals surface area contributed by atoms with Crippen molar-refractivity contribution in [3.8, 4) is 0 Å². The van der Waals surface area contributed by atoms with E-state index in [0.717, 1.165) is 4.47 Å². The molecule has 0 aromatic carbocycles. The lowest BCUT2D eigenvalue weighted by atomic mass is 9.92. The molecule has 0 aliphatic carbocycles. The topological polar surface area (TPSA) is 29.1 Å². The molecule has 1 heterocycles. The van der Waals surface area contributed by atoms with Crippen molar-refractivity contribution < 1.29 is 4.79 Å². The summed E-state index contributed by atoms with van der Waals surface area (Å²) in [5, 5.41) is 4.47. The maximum absolute atomic E-state index is 10.7. The molecule has 14 heavy (non-hydrogen) atoms. The van der Waals surface area contributed by atoms with Crippen molar-refractivity contribution in [2.75, 3.05) is 6.54 Å². The highest BCUT2D eigenvalue weighted by atomic mass is 79.9. The number of carbonyl (C=O) groups excluding carboxylic acids is 1. The van der Waals surface area contributed by atoms with E-state index in [1.807, 2.05) is 5.38 Å². The zero-order valence-corrected chi connectivity index (χ0v) is 11.3. The molecule has 2 nitrogen and oxygen atoms in total. The van der Waals surface area contributed by atoms with Crippen LogP contribution >= 0.6 is 39.9 Å². The molecule has 0 unspecified atom stereocenters. The molecule has 0 spiro atoms. The van der Waals surface area contributed by atoms with Crippen LogP contribution in [-0.2, 0) is 5.41 Å². The summed E-state index contributed by atoms with van der Waals surface area (Å²) >= 11 is 8.77. The number of hydrogen-bond donors (Lipinski definition) is 2. The molecule has 1 N–H and O–H groups in total. The molecule has 0 saturated heterocycles. The molecule has 1 rings (SSSR count). The zero-order valence-electron chi connectivity index (χ0n) is 8.00. The molecule has 0 atom stereocenters. The average molecular weight is 294 g/mol. The molecular weight excluding hydrogens is 282 g/mol. The number of thiophene rings is 1. The lowest BCUT2D eigenvalue weighted by molar-refractivity contribution is 0.259. The quantitative estimate of drug-likeness (QED) is 0.822. The molecule has 1 aromatic heterocycles. The fraction of sp³-hybridized carbons (Fsp3) is 0.444. The molecule has 0 bridgehead atoms. The van der Waals surface area contributed by atoms with E-state index < -0.39 is 0 Å². The third-order valence-electron chi connectivity index (χ3n) is 1.92. The Balaban J connectivity index is 2.69. The van der Waals surface area contributed by atoms with Crippen LogP contribution in [0.5, 0.6) is 0 Å². The van der Waals surface area contributed by atoms with Gasteiger partial charge in [0.1, 0.15) is 0 Å². The number of amides is 1. The molecule has 78 valence electrons. The highest BCUT2D eigenvalue weighted by Crippen LogP contribution is 2.30. The van der Waals surface area contributed by atoms with Crippen LogP contribution in [0.3, 0.4) is 0 Å². The predicted octanol–water partition coefficient (Wildman–Crippen LogP) is 3.43. The first kappa shape index (κ1) is 12.1. The Morgan fingerprint density at radius 3 is 2.79 bits per heavy atom. The van der Waals surface area contributed by atoms with Gasteiger partial charge in [0.05, 0.1) is 0 Å². The second-order valence-corrected chi connectivity index (χ2v) is 5.90. The normalized spacial score (nSPS) is 11.4. The Morgan fingerprint density at radius 1 is 1.71 bits per heavy atom.